The molecule has 0 amide bonds. The topological polar surface area (TPSA) is 22.9 Å². The highest BCUT2D eigenvalue weighted by molar-refractivity contribution is 6.27. The standard InChI is InChI=1S/C65H56N4.C5H6/c1-5-9-28-46(27-7-3)65(47-29-17-13-18-30-47)60-41-49(66-48(8-4)31-10-6-2)40-56-57-42-54(67(50-34-21-14-22-35-50)51-36-23-15-24-37-51)43-58-59-44-55(45-61(65)64(59)69(62(57)58)63(56)60)68(53-38-25-16-26-39-53)52-32-19-11-12-20-33-52;1-2-4-5-3-1/h7-11,13-45,66H,3,5-6,12H2,1-2,4H3;1-4H,5H2/b28-9-,31-10-,46-27+,48-8+;. The molecule has 1 atom stereocenters. The van der Waals surface area contributed by atoms with Crippen molar-refractivity contribution in [3.63, 3.8) is 0 Å². The first-order chi connectivity index (χ1) is 36.6. The molecule has 7 aromatic carbocycles. The van der Waals surface area contributed by atoms with Crippen LogP contribution in [0.2, 0.25) is 0 Å². The van der Waals surface area contributed by atoms with E-state index in [9.17, 15) is 0 Å². The number of fused-ring (bicyclic) bond motifs is 2. The van der Waals surface area contributed by atoms with Gasteiger partial charge in [0, 0.05) is 67.1 Å². The minimum atomic E-state index is -0.785. The molecule has 1 aliphatic heterocycles. The fourth-order valence-corrected chi connectivity index (χ4v) is 11.3. The van der Waals surface area contributed by atoms with Gasteiger partial charge in [0.2, 0.25) is 0 Å². The van der Waals surface area contributed by atoms with Crippen molar-refractivity contribution in [3.05, 3.63) is 295 Å². The Balaban J connectivity index is 0.00000111. The van der Waals surface area contributed by atoms with Gasteiger partial charge in [-0.3, -0.25) is 0 Å². The van der Waals surface area contributed by atoms with Gasteiger partial charge < -0.3 is 19.5 Å². The van der Waals surface area contributed by atoms with Crippen LogP contribution in [-0.4, -0.2) is 4.40 Å². The highest BCUT2D eigenvalue weighted by Gasteiger charge is 2.47. The van der Waals surface area contributed by atoms with Gasteiger partial charge in [-0.05, 0) is 146 Å². The quantitative estimate of drug-likeness (QED) is 0.104. The third-order valence-corrected chi connectivity index (χ3v) is 14.4. The molecule has 0 radical (unpaired) electrons. The molecule has 4 heteroatoms. The summed E-state index contributed by atoms with van der Waals surface area (Å²) < 4.78 is 2.61. The number of allylic oxidation sites excluding steroid dienone is 17. The van der Waals surface area contributed by atoms with Gasteiger partial charge in [-0.1, -0.05) is 184 Å². The summed E-state index contributed by atoms with van der Waals surface area (Å²) >= 11 is 0. The van der Waals surface area contributed by atoms with Crippen LogP contribution < -0.4 is 15.1 Å². The Morgan fingerprint density at radius 1 is 0.568 bits per heavy atom. The molecule has 0 saturated carbocycles. The predicted molar refractivity (Wildman–Crippen MR) is 319 cm³/mol. The van der Waals surface area contributed by atoms with Gasteiger partial charge in [-0.2, -0.15) is 0 Å². The Bertz CT molecular complexity index is 3730. The van der Waals surface area contributed by atoms with E-state index in [2.05, 4.69) is 296 Å². The highest BCUT2D eigenvalue weighted by atomic mass is 15.2. The van der Waals surface area contributed by atoms with E-state index in [1.54, 1.807) is 0 Å². The maximum Gasteiger partial charge on any atom is 0.0744 e. The Kier molecular flexibility index (Phi) is 13.5. The lowest BCUT2D eigenvalue weighted by molar-refractivity contribution is 0.744. The summed E-state index contributed by atoms with van der Waals surface area (Å²) in [5.74, 6) is 0. The average molecular weight is 959 g/mol. The SMILES string of the molecule is C1=CCC=C1.C=C/C=C(\C=C/CC)C1(c2ccccc2)c2cc(NC(/C=C\CC)=C/C)cc3c4cc(N(c5ccccc5)c5ccccc5)cc5c6cc(N(C7=CC=CCC=C7)c7ccccc7)cc1c6n(c23)c45. The Hall–Kier alpha value is -8.86. The molecule has 2 aromatic heterocycles. The van der Waals surface area contributed by atoms with Gasteiger partial charge in [-0.25, -0.2) is 0 Å². The molecule has 74 heavy (non-hydrogen) atoms. The average Bonchev–Trinajstić information content (AvgIpc) is 4.18. The largest absolute Gasteiger partial charge is 0.356 e. The van der Waals surface area contributed by atoms with Gasteiger partial charge in [0.25, 0.3) is 0 Å². The molecule has 12 rings (SSSR count). The summed E-state index contributed by atoms with van der Waals surface area (Å²) in [4.78, 5) is 4.84. The van der Waals surface area contributed by atoms with E-state index in [1.165, 1.54) is 54.8 Å². The molecule has 4 nitrogen and oxygen atoms in total. The monoisotopic (exact) mass is 958 g/mol. The summed E-state index contributed by atoms with van der Waals surface area (Å²) in [6, 6.07) is 58.2. The van der Waals surface area contributed by atoms with Crippen molar-refractivity contribution in [2.24, 2.45) is 0 Å². The molecular formula is C70H62N4. The lowest BCUT2D eigenvalue weighted by Gasteiger charge is -2.41. The Labute approximate surface area is 436 Å². The minimum absolute atomic E-state index is 0.785. The molecule has 9 aromatic rings. The first-order valence-corrected chi connectivity index (χ1v) is 26.2. The number of para-hydroxylation sites is 3. The fraction of sp³-hybridized carbons (Fsp3) is 0.114. The highest BCUT2D eigenvalue weighted by Crippen LogP contribution is 2.59. The van der Waals surface area contributed by atoms with Crippen molar-refractivity contribution < 1.29 is 0 Å². The number of benzene rings is 7. The van der Waals surface area contributed by atoms with E-state index in [1.807, 2.05) is 6.08 Å². The Morgan fingerprint density at radius 2 is 1.08 bits per heavy atom. The van der Waals surface area contributed by atoms with Crippen molar-refractivity contribution in [3.8, 4) is 0 Å². The third kappa shape index (κ3) is 8.42. The van der Waals surface area contributed by atoms with Crippen molar-refractivity contribution in [1.29, 1.82) is 0 Å². The number of nitrogens with one attached hydrogen (secondary N) is 1. The van der Waals surface area contributed by atoms with Crippen LogP contribution in [0.4, 0.5) is 34.1 Å². The summed E-state index contributed by atoms with van der Waals surface area (Å²) in [6.45, 7) is 10.9. The first kappa shape index (κ1) is 47.5. The number of aromatic nitrogens is 1. The van der Waals surface area contributed by atoms with E-state index in [4.69, 9.17) is 0 Å². The second kappa shape index (κ2) is 21.1. The molecule has 2 aliphatic carbocycles. The van der Waals surface area contributed by atoms with Crippen LogP contribution in [0.5, 0.6) is 0 Å². The van der Waals surface area contributed by atoms with Gasteiger partial charge >= 0.3 is 0 Å². The van der Waals surface area contributed by atoms with Crippen molar-refractivity contribution in [2.75, 3.05) is 15.1 Å². The maximum absolute atomic E-state index is 4.38. The number of nitrogens with zero attached hydrogens (tertiary/aromatic N) is 3. The zero-order valence-corrected chi connectivity index (χ0v) is 42.6. The van der Waals surface area contributed by atoms with Crippen LogP contribution in [0.1, 0.15) is 63.1 Å². The molecule has 1 unspecified atom stereocenters. The summed E-state index contributed by atoms with van der Waals surface area (Å²) in [6.07, 6.45) is 38.8. The molecule has 3 aliphatic rings. The minimum Gasteiger partial charge on any atom is -0.356 e. The second-order valence-electron chi connectivity index (χ2n) is 18.9. The van der Waals surface area contributed by atoms with Gasteiger partial charge in [-0.15, -0.1) is 0 Å². The molecule has 362 valence electrons. The van der Waals surface area contributed by atoms with Crippen LogP contribution in [0.3, 0.4) is 0 Å². The summed E-state index contributed by atoms with van der Waals surface area (Å²) in [7, 11) is 0. The lowest BCUT2D eigenvalue weighted by Crippen LogP contribution is -2.34. The van der Waals surface area contributed by atoms with E-state index < -0.39 is 5.41 Å². The summed E-state index contributed by atoms with van der Waals surface area (Å²) in [5, 5.41) is 8.74. The van der Waals surface area contributed by atoms with Crippen molar-refractivity contribution in [1.82, 2.24) is 4.40 Å². The van der Waals surface area contributed by atoms with E-state index in [-0.39, 0.29) is 0 Å². The van der Waals surface area contributed by atoms with Crippen molar-refractivity contribution >= 4 is 72.2 Å². The number of hydrogen-bond acceptors (Lipinski definition) is 3. The lowest BCUT2D eigenvalue weighted by atomic mass is 9.62. The smallest absolute Gasteiger partial charge is 0.0744 e. The van der Waals surface area contributed by atoms with Crippen molar-refractivity contribution in [2.45, 2.75) is 51.9 Å². The molecule has 0 bridgehead atoms. The fourth-order valence-electron chi connectivity index (χ4n) is 11.3. The number of hydrogen-bond donors (Lipinski definition) is 1. The van der Waals surface area contributed by atoms with Gasteiger partial charge in [0.1, 0.15) is 0 Å². The van der Waals surface area contributed by atoms with Gasteiger partial charge in [0.15, 0.2) is 0 Å². The zero-order valence-electron chi connectivity index (χ0n) is 42.6. The number of anilines is 6. The Morgan fingerprint density at radius 3 is 1.65 bits per heavy atom. The molecule has 0 fully saturated rings. The van der Waals surface area contributed by atoms with E-state index in [0.717, 1.165) is 76.8 Å². The zero-order chi connectivity index (χ0) is 50.4. The molecular weight excluding hydrogens is 897 g/mol. The first-order valence-electron chi connectivity index (χ1n) is 26.2. The number of rotatable bonds is 15. The predicted octanol–water partition coefficient (Wildman–Crippen LogP) is 19.4. The van der Waals surface area contributed by atoms with Crippen LogP contribution >= 0.6 is 0 Å². The third-order valence-electron chi connectivity index (χ3n) is 14.4. The normalized spacial score (nSPS) is 16.1. The molecule has 0 saturated heterocycles. The van der Waals surface area contributed by atoms with E-state index in [0.29, 0.717) is 0 Å². The summed E-state index contributed by atoms with van der Waals surface area (Å²) in [5.41, 5.74) is 16.3. The van der Waals surface area contributed by atoms with E-state index >= 15 is 0 Å². The van der Waals surface area contributed by atoms with Crippen LogP contribution in [-0.2, 0) is 5.41 Å². The second-order valence-corrected chi connectivity index (χ2v) is 18.9. The molecule has 1 N–H and O–H groups in total. The van der Waals surface area contributed by atoms with Crippen LogP contribution in [0.25, 0.3) is 38.1 Å². The van der Waals surface area contributed by atoms with Gasteiger partial charge in [0.05, 0.1) is 22.0 Å². The molecule has 3 heterocycles. The molecule has 0 spiro atoms. The van der Waals surface area contributed by atoms with Crippen LogP contribution in [0, 0.1) is 0 Å². The maximum atomic E-state index is 4.38. The van der Waals surface area contributed by atoms with Crippen LogP contribution in [0.15, 0.2) is 278 Å².